The minimum absolute atomic E-state index is 0.153. The molecule has 2 aromatic carbocycles. The van der Waals surface area contributed by atoms with Gasteiger partial charge in [0.05, 0.1) is 18.3 Å². The molecule has 1 aliphatic rings. The zero-order chi connectivity index (χ0) is 20.6. The number of nitrogens with two attached hydrogens (primary N) is 1. The molecule has 0 spiro atoms. The number of ether oxygens (including phenoxy) is 3. The molecular weight excluding hydrogens is 370 g/mol. The summed E-state index contributed by atoms with van der Waals surface area (Å²) in [7, 11) is 0. The molecule has 0 bridgehead atoms. The first-order valence-corrected chi connectivity index (χ1v) is 9.61. The van der Waals surface area contributed by atoms with Gasteiger partial charge in [-0.2, -0.15) is 0 Å². The number of primary amides is 1. The molecule has 3 rings (SSSR count). The number of ketones is 1. The van der Waals surface area contributed by atoms with E-state index in [1.807, 2.05) is 24.3 Å². The maximum Gasteiger partial charge on any atom is 0.248 e. The molecule has 1 fully saturated rings. The zero-order valence-corrected chi connectivity index (χ0v) is 16.4. The molecule has 1 amide bonds. The van der Waals surface area contributed by atoms with Gasteiger partial charge in [0.15, 0.2) is 5.78 Å². The summed E-state index contributed by atoms with van der Waals surface area (Å²) in [6.07, 6.45) is 6.13. The standard InChI is InChI=1S/C23H25NO5/c1-16(25)21-9-6-18(23(24)26)15-22(21)29-20-7-4-17(5-8-20)3-2-12-28-19-10-13-27-14-11-19/h2-9,15,19H,10-14H2,1H3,(H2,24,26). The molecule has 1 heterocycles. The summed E-state index contributed by atoms with van der Waals surface area (Å²) in [4.78, 5) is 23.2. The number of carbonyl (C=O) groups is 2. The van der Waals surface area contributed by atoms with Gasteiger partial charge in [0.1, 0.15) is 11.5 Å². The fourth-order valence-electron chi connectivity index (χ4n) is 3.04. The van der Waals surface area contributed by atoms with Crippen molar-refractivity contribution in [2.24, 2.45) is 5.73 Å². The van der Waals surface area contributed by atoms with Gasteiger partial charge in [0, 0.05) is 18.8 Å². The van der Waals surface area contributed by atoms with Gasteiger partial charge in [-0.25, -0.2) is 0 Å². The smallest absolute Gasteiger partial charge is 0.248 e. The second kappa shape index (κ2) is 10.0. The van der Waals surface area contributed by atoms with Gasteiger partial charge in [-0.3, -0.25) is 9.59 Å². The topological polar surface area (TPSA) is 87.9 Å². The SMILES string of the molecule is CC(=O)c1ccc(C(N)=O)cc1Oc1ccc(C=CCOC2CCOCC2)cc1. The van der Waals surface area contributed by atoms with Gasteiger partial charge in [-0.05, 0) is 55.7 Å². The van der Waals surface area contributed by atoms with E-state index in [0.29, 0.717) is 23.7 Å². The fourth-order valence-corrected chi connectivity index (χ4v) is 3.04. The summed E-state index contributed by atoms with van der Waals surface area (Å²) < 4.78 is 17.0. The van der Waals surface area contributed by atoms with E-state index in [1.54, 1.807) is 18.2 Å². The molecule has 6 nitrogen and oxygen atoms in total. The number of rotatable bonds is 8. The Bertz CT molecular complexity index is 883. The number of hydrogen-bond donors (Lipinski definition) is 1. The van der Waals surface area contributed by atoms with Crippen LogP contribution in [0.3, 0.4) is 0 Å². The van der Waals surface area contributed by atoms with Gasteiger partial charge in [0.25, 0.3) is 0 Å². The van der Waals surface area contributed by atoms with E-state index in [1.165, 1.54) is 19.1 Å². The van der Waals surface area contributed by atoms with Crippen LogP contribution in [0.4, 0.5) is 0 Å². The summed E-state index contributed by atoms with van der Waals surface area (Å²) in [5.74, 6) is 0.139. The molecule has 152 valence electrons. The molecule has 2 N–H and O–H groups in total. The van der Waals surface area contributed by atoms with Crippen molar-refractivity contribution in [3.8, 4) is 11.5 Å². The van der Waals surface area contributed by atoms with Crippen molar-refractivity contribution >= 4 is 17.8 Å². The fraction of sp³-hybridized carbons (Fsp3) is 0.304. The van der Waals surface area contributed by atoms with Gasteiger partial charge in [-0.1, -0.05) is 24.3 Å². The Labute approximate surface area is 170 Å². The molecule has 0 aliphatic carbocycles. The minimum Gasteiger partial charge on any atom is -0.457 e. The lowest BCUT2D eigenvalue weighted by Crippen LogP contribution is -2.23. The van der Waals surface area contributed by atoms with Crippen molar-refractivity contribution in [2.45, 2.75) is 25.9 Å². The molecule has 1 saturated heterocycles. The van der Waals surface area contributed by atoms with Gasteiger partial charge < -0.3 is 19.9 Å². The highest BCUT2D eigenvalue weighted by atomic mass is 16.5. The summed E-state index contributed by atoms with van der Waals surface area (Å²) in [6.45, 7) is 3.54. The second-order valence-electron chi connectivity index (χ2n) is 6.85. The second-order valence-corrected chi connectivity index (χ2v) is 6.85. The normalized spacial score (nSPS) is 14.8. The van der Waals surface area contributed by atoms with Crippen molar-refractivity contribution in [1.29, 1.82) is 0 Å². The molecule has 1 aliphatic heterocycles. The zero-order valence-electron chi connectivity index (χ0n) is 16.4. The first kappa shape index (κ1) is 20.8. The van der Waals surface area contributed by atoms with Gasteiger partial charge in [0.2, 0.25) is 5.91 Å². The van der Waals surface area contributed by atoms with Crippen LogP contribution in [0.15, 0.2) is 48.5 Å². The van der Waals surface area contributed by atoms with E-state index in [0.717, 1.165) is 31.6 Å². The third kappa shape index (κ3) is 6.01. The third-order valence-corrected chi connectivity index (χ3v) is 4.66. The van der Waals surface area contributed by atoms with Crippen LogP contribution in [0.5, 0.6) is 11.5 Å². The van der Waals surface area contributed by atoms with E-state index in [2.05, 4.69) is 0 Å². The van der Waals surface area contributed by atoms with Crippen LogP contribution in [-0.2, 0) is 9.47 Å². The van der Waals surface area contributed by atoms with Crippen LogP contribution in [0.2, 0.25) is 0 Å². The molecule has 0 radical (unpaired) electrons. The predicted octanol–water partition coefficient (Wildman–Crippen LogP) is 3.99. The average molecular weight is 395 g/mol. The molecular formula is C23H25NO5. The highest BCUT2D eigenvalue weighted by Crippen LogP contribution is 2.27. The van der Waals surface area contributed by atoms with Crippen LogP contribution >= 0.6 is 0 Å². The van der Waals surface area contributed by atoms with Crippen LogP contribution in [-0.4, -0.2) is 37.6 Å². The molecule has 0 aromatic heterocycles. The minimum atomic E-state index is -0.576. The van der Waals surface area contributed by atoms with Gasteiger partial charge in [-0.15, -0.1) is 0 Å². The largest absolute Gasteiger partial charge is 0.457 e. The monoisotopic (exact) mass is 395 g/mol. The summed E-state index contributed by atoms with van der Waals surface area (Å²) in [6, 6.07) is 12.0. The molecule has 29 heavy (non-hydrogen) atoms. The van der Waals surface area contributed by atoms with Crippen molar-refractivity contribution in [3.05, 3.63) is 65.2 Å². The average Bonchev–Trinajstić information content (AvgIpc) is 2.73. The quantitative estimate of drug-likeness (QED) is 0.683. The molecule has 2 aromatic rings. The summed E-state index contributed by atoms with van der Waals surface area (Å²) in [5, 5.41) is 0. The lowest BCUT2D eigenvalue weighted by atomic mass is 10.1. The summed E-state index contributed by atoms with van der Waals surface area (Å²) in [5.41, 5.74) is 7.01. The maximum atomic E-state index is 11.8. The first-order valence-electron chi connectivity index (χ1n) is 9.61. The van der Waals surface area contributed by atoms with Gasteiger partial charge >= 0.3 is 0 Å². The molecule has 0 saturated carbocycles. The summed E-state index contributed by atoms with van der Waals surface area (Å²) >= 11 is 0. The Morgan fingerprint density at radius 1 is 1.14 bits per heavy atom. The highest BCUT2D eigenvalue weighted by molar-refractivity contribution is 5.99. The number of benzene rings is 2. The van der Waals surface area contributed by atoms with E-state index in [9.17, 15) is 9.59 Å². The first-order chi connectivity index (χ1) is 14.0. The van der Waals surface area contributed by atoms with E-state index in [4.69, 9.17) is 19.9 Å². The van der Waals surface area contributed by atoms with Crippen molar-refractivity contribution in [3.63, 3.8) is 0 Å². The Morgan fingerprint density at radius 3 is 2.52 bits per heavy atom. The Balaban J connectivity index is 1.61. The number of Topliss-reactive ketones (excluding diaryl/α,β-unsaturated/α-hetero) is 1. The Hall–Kier alpha value is -2.96. The van der Waals surface area contributed by atoms with Crippen molar-refractivity contribution in [1.82, 2.24) is 0 Å². The molecule has 6 heteroatoms. The van der Waals surface area contributed by atoms with E-state index >= 15 is 0 Å². The molecule has 0 atom stereocenters. The van der Waals surface area contributed by atoms with E-state index < -0.39 is 5.91 Å². The number of carbonyl (C=O) groups excluding carboxylic acids is 2. The van der Waals surface area contributed by atoms with E-state index in [-0.39, 0.29) is 17.5 Å². The molecule has 0 unspecified atom stereocenters. The van der Waals surface area contributed by atoms with Crippen LogP contribution in [0, 0.1) is 0 Å². The number of hydrogen-bond acceptors (Lipinski definition) is 5. The highest BCUT2D eigenvalue weighted by Gasteiger charge is 2.14. The Kier molecular flexibility index (Phi) is 7.16. The number of amides is 1. The van der Waals surface area contributed by atoms with Crippen molar-refractivity contribution in [2.75, 3.05) is 19.8 Å². The third-order valence-electron chi connectivity index (χ3n) is 4.66. The maximum absolute atomic E-state index is 11.8. The van der Waals surface area contributed by atoms with Crippen LogP contribution in [0.25, 0.3) is 6.08 Å². The van der Waals surface area contributed by atoms with Crippen LogP contribution < -0.4 is 10.5 Å². The predicted molar refractivity (Wildman–Crippen MR) is 110 cm³/mol. The lowest BCUT2D eigenvalue weighted by Gasteiger charge is -2.21. The van der Waals surface area contributed by atoms with Crippen LogP contribution in [0.1, 0.15) is 46.0 Å². The Morgan fingerprint density at radius 2 is 1.86 bits per heavy atom. The van der Waals surface area contributed by atoms with Crippen molar-refractivity contribution < 1.29 is 23.8 Å². The lowest BCUT2D eigenvalue weighted by molar-refractivity contribution is -0.0220.